The molecule has 0 unspecified atom stereocenters. The van der Waals surface area contributed by atoms with Crippen LogP contribution in [0, 0.1) is 0 Å². The third-order valence-corrected chi connectivity index (χ3v) is 3.97. The molecule has 0 saturated carbocycles. The Kier molecular flexibility index (Phi) is 6.45. The molecule has 1 amide bonds. The first-order chi connectivity index (χ1) is 9.83. The molecular weight excluding hydrogens is 272 g/mol. The van der Waals surface area contributed by atoms with E-state index < -0.39 is 0 Å². The Balaban J connectivity index is 2.62. The van der Waals surface area contributed by atoms with Gasteiger partial charge in [-0.15, -0.1) is 0 Å². The summed E-state index contributed by atoms with van der Waals surface area (Å²) in [6.07, 6.45) is 1.62. The molecule has 0 aromatic rings. The van der Waals surface area contributed by atoms with Crippen LogP contribution >= 0.6 is 0 Å². The van der Waals surface area contributed by atoms with Crippen LogP contribution in [0.3, 0.4) is 0 Å². The number of esters is 1. The molecule has 0 aliphatic carbocycles. The predicted octanol–water partition coefficient (Wildman–Crippen LogP) is 1.88. The van der Waals surface area contributed by atoms with E-state index in [-0.39, 0.29) is 23.6 Å². The lowest BCUT2D eigenvalue weighted by atomic mass is 9.98. The van der Waals surface area contributed by atoms with Gasteiger partial charge < -0.3 is 14.4 Å². The lowest BCUT2D eigenvalue weighted by Crippen LogP contribution is -2.63. The van der Waals surface area contributed by atoms with Gasteiger partial charge in [0.25, 0.3) is 0 Å². The highest BCUT2D eigenvalue weighted by molar-refractivity contribution is 5.75. The van der Waals surface area contributed by atoms with Crippen LogP contribution in [0.5, 0.6) is 0 Å². The molecular formula is C15H28N2O4. The number of carbonyl (C=O) groups excluding carboxylic acids is 2. The maximum Gasteiger partial charge on any atom is 0.410 e. The molecule has 0 aromatic heterocycles. The predicted molar refractivity (Wildman–Crippen MR) is 80.1 cm³/mol. The minimum Gasteiger partial charge on any atom is -0.468 e. The molecule has 1 aliphatic rings. The molecule has 122 valence electrons. The summed E-state index contributed by atoms with van der Waals surface area (Å²) >= 11 is 0. The van der Waals surface area contributed by atoms with Gasteiger partial charge in [-0.3, -0.25) is 9.69 Å². The smallest absolute Gasteiger partial charge is 0.410 e. The highest BCUT2D eigenvalue weighted by atomic mass is 16.6. The average Bonchev–Trinajstić information content (AvgIpc) is 2.44. The summed E-state index contributed by atoms with van der Waals surface area (Å²) in [5.41, 5.74) is -0.371. The molecule has 6 nitrogen and oxygen atoms in total. The van der Waals surface area contributed by atoms with Crippen molar-refractivity contribution in [1.29, 1.82) is 0 Å². The van der Waals surface area contributed by atoms with Crippen molar-refractivity contribution in [2.75, 3.05) is 33.4 Å². The van der Waals surface area contributed by atoms with Gasteiger partial charge in [-0.25, -0.2) is 4.79 Å². The zero-order chi connectivity index (χ0) is 16.0. The van der Waals surface area contributed by atoms with Gasteiger partial charge in [0, 0.05) is 19.6 Å². The summed E-state index contributed by atoms with van der Waals surface area (Å²) in [6, 6.07) is -0.299. The Morgan fingerprint density at radius 1 is 1.29 bits per heavy atom. The fraction of sp³-hybridized carbons (Fsp3) is 0.867. The number of unbranched alkanes of at least 4 members (excludes halogenated alkanes) is 1. The van der Waals surface area contributed by atoms with Crippen molar-refractivity contribution < 1.29 is 19.1 Å². The summed E-state index contributed by atoms with van der Waals surface area (Å²) in [6.45, 7) is 10.1. The zero-order valence-corrected chi connectivity index (χ0v) is 13.8. The molecule has 1 heterocycles. The minimum atomic E-state index is -0.371. The van der Waals surface area contributed by atoms with E-state index in [1.165, 1.54) is 7.11 Å². The maximum absolute atomic E-state index is 12.1. The second kappa shape index (κ2) is 7.64. The van der Waals surface area contributed by atoms with Crippen LogP contribution in [0.4, 0.5) is 4.79 Å². The van der Waals surface area contributed by atoms with Crippen LogP contribution in [0.2, 0.25) is 0 Å². The Bertz CT molecular complexity index is 371. The molecule has 1 atom stereocenters. The normalized spacial score (nSPS) is 20.0. The van der Waals surface area contributed by atoms with Gasteiger partial charge >= 0.3 is 12.1 Å². The molecule has 0 N–H and O–H groups in total. The topological polar surface area (TPSA) is 59.1 Å². The summed E-state index contributed by atoms with van der Waals surface area (Å²) in [7, 11) is 1.39. The van der Waals surface area contributed by atoms with Crippen LogP contribution in [-0.2, 0) is 14.3 Å². The van der Waals surface area contributed by atoms with E-state index in [0.29, 0.717) is 26.2 Å². The van der Waals surface area contributed by atoms with Gasteiger partial charge in [0.1, 0.15) is 6.04 Å². The molecule has 0 aromatic carbocycles. The van der Waals surface area contributed by atoms with Gasteiger partial charge in [0.05, 0.1) is 19.3 Å². The fourth-order valence-electron chi connectivity index (χ4n) is 2.56. The highest BCUT2D eigenvalue weighted by Gasteiger charge is 2.40. The summed E-state index contributed by atoms with van der Waals surface area (Å²) in [5.74, 6) is -0.246. The Morgan fingerprint density at radius 3 is 2.48 bits per heavy atom. The van der Waals surface area contributed by atoms with Crippen LogP contribution < -0.4 is 0 Å². The van der Waals surface area contributed by atoms with Crippen LogP contribution in [0.1, 0.15) is 40.5 Å². The zero-order valence-electron chi connectivity index (χ0n) is 13.8. The SMILES string of the molecule is CCCCOC(=O)N1CCN([C@@H](C)C(=O)OC)CC1(C)C. The van der Waals surface area contributed by atoms with Crippen molar-refractivity contribution in [3.63, 3.8) is 0 Å². The van der Waals surface area contributed by atoms with E-state index in [1.807, 2.05) is 25.7 Å². The quantitative estimate of drug-likeness (QED) is 0.573. The van der Waals surface area contributed by atoms with E-state index in [9.17, 15) is 9.59 Å². The lowest BCUT2D eigenvalue weighted by Gasteiger charge is -2.47. The van der Waals surface area contributed by atoms with E-state index in [0.717, 1.165) is 12.8 Å². The number of methoxy groups -OCH3 is 1. The van der Waals surface area contributed by atoms with Gasteiger partial charge in [-0.2, -0.15) is 0 Å². The monoisotopic (exact) mass is 300 g/mol. The summed E-state index contributed by atoms with van der Waals surface area (Å²) in [5, 5.41) is 0. The number of ether oxygens (including phenoxy) is 2. The van der Waals surface area contributed by atoms with Gasteiger partial charge in [0.2, 0.25) is 0 Å². The molecule has 0 radical (unpaired) electrons. The third kappa shape index (κ3) is 4.59. The van der Waals surface area contributed by atoms with Crippen molar-refractivity contribution in [2.45, 2.75) is 52.1 Å². The standard InChI is InChI=1S/C15H28N2O4/c1-6-7-10-21-14(19)17-9-8-16(11-15(17,3)4)12(2)13(18)20-5/h12H,6-11H2,1-5H3/t12-/m0/s1. The minimum absolute atomic E-state index is 0.246. The molecule has 21 heavy (non-hydrogen) atoms. The number of carbonyl (C=O) groups is 2. The summed E-state index contributed by atoms with van der Waals surface area (Å²) < 4.78 is 10.1. The number of amides is 1. The molecule has 0 spiro atoms. The Morgan fingerprint density at radius 2 is 1.95 bits per heavy atom. The van der Waals surface area contributed by atoms with Gasteiger partial charge in [0.15, 0.2) is 0 Å². The van der Waals surface area contributed by atoms with Crippen LogP contribution in [-0.4, -0.2) is 66.8 Å². The first-order valence-corrected chi connectivity index (χ1v) is 7.59. The third-order valence-electron chi connectivity index (χ3n) is 3.97. The Hall–Kier alpha value is -1.30. The second-order valence-corrected chi connectivity index (χ2v) is 6.10. The van der Waals surface area contributed by atoms with Crippen LogP contribution in [0.25, 0.3) is 0 Å². The number of rotatable bonds is 5. The molecule has 6 heteroatoms. The van der Waals surface area contributed by atoms with Crippen molar-refractivity contribution in [1.82, 2.24) is 9.80 Å². The van der Waals surface area contributed by atoms with E-state index in [1.54, 1.807) is 4.90 Å². The van der Waals surface area contributed by atoms with Gasteiger partial charge in [-0.05, 0) is 27.2 Å². The number of nitrogens with zero attached hydrogens (tertiary/aromatic N) is 2. The fourth-order valence-corrected chi connectivity index (χ4v) is 2.56. The largest absolute Gasteiger partial charge is 0.468 e. The number of hydrogen-bond acceptors (Lipinski definition) is 5. The Labute approximate surface area is 127 Å². The second-order valence-electron chi connectivity index (χ2n) is 6.10. The lowest BCUT2D eigenvalue weighted by molar-refractivity contribution is -0.148. The maximum atomic E-state index is 12.1. The van der Waals surface area contributed by atoms with E-state index in [2.05, 4.69) is 6.92 Å². The number of hydrogen-bond donors (Lipinski definition) is 0. The molecule has 1 saturated heterocycles. The highest BCUT2D eigenvalue weighted by Crippen LogP contribution is 2.23. The van der Waals surface area contributed by atoms with E-state index >= 15 is 0 Å². The average molecular weight is 300 g/mol. The van der Waals surface area contributed by atoms with Crippen molar-refractivity contribution in [2.24, 2.45) is 0 Å². The molecule has 1 aliphatic heterocycles. The summed E-state index contributed by atoms with van der Waals surface area (Å²) in [4.78, 5) is 27.6. The van der Waals surface area contributed by atoms with Crippen molar-refractivity contribution >= 4 is 12.1 Å². The van der Waals surface area contributed by atoms with Crippen LogP contribution in [0.15, 0.2) is 0 Å². The van der Waals surface area contributed by atoms with Gasteiger partial charge in [-0.1, -0.05) is 13.3 Å². The molecule has 0 bridgehead atoms. The number of piperazine rings is 1. The van der Waals surface area contributed by atoms with E-state index in [4.69, 9.17) is 9.47 Å². The first-order valence-electron chi connectivity index (χ1n) is 7.59. The van der Waals surface area contributed by atoms with Crippen molar-refractivity contribution in [3.8, 4) is 0 Å². The first kappa shape index (κ1) is 17.8. The molecule has 1 rings (SSSR count). The van der Waals surface area contributed by atoms with Crippen molar-refractivity contribution in [3.05, 3.63) is 0 Å². The molecule has 1 fully saturated rings.